The maximum Gasteiger partial charge on any atom is 0.166 e. The molecule has 0 radical (unpaired) electrons. The van der Waals surface area contributed by atoms with Crippen LogP contribution >= 0.6 is 0 Å². The molecular weight excluding hydrogens is 228 g/mol. The number of rotatable bonds is 9. The van der Waals surface area contributed by atoms with E-state index in [-0.39, 0.29) is 5.78 Å². The zero-order valence-electron chi connectivity index (χ0n) is 11.3. The van der Waals surface area contributed by atoms with Crippen LogP contribution < -0.4 is 4.74 Å². The molecule has 3 heteroatoms. The lowest BCUT2D eigenvalue weighted by Crippen LogP contribution is -2.08. The van der Waals surface area contributed by atoms with Crippen molar-refractivity contribution in [3.8, 4) is 5.75 Å². The maximum absolute atomic E-state index is 12.1. The fourth-order valence-electron chi connectivity index (χ4n) is 1.73. The van der Waals surface area contributed by atoms with Crippen LogP contribution in [-0.4, -0.2) is 26.1 Å². The van der Waals surface area contributed by atoms with Crippen LogP contribution in [0.3, 0.4) is 0 Å². The summed E-state index contributed by atoms with van der Waals surface area (Å²) in [5, 5.41) is 0. The summed E-state index contributed by atoms with van der Waals surface area (Å²) in [7, 11) is 1.63. The number of methoxy groups -OCH3 is 1. The van der Waals surface area contributed by atoms with E-state index in [1.165, 1.54) is 0 Å². The lowest BCUT2D eigenvalue weighted by Gasteiger charge is -2.10. The standard InChI is InChI=1S/C15H22O3/c1-3-4-5-9-14(16)13-8-6-7-10-15(13)18-12-11-17-2/h6-8,10H,3-5,9,11-12H2,1-2H3. The number of hydrogen-bond donors (Lipinski definition) is 0. The Balaban J connectivity index is 2.59. The Bertz CT molecular complexity index is 361. The Hall–Kier alpha value is -1.35. The average Bonchev–Trinajstić information content (AvgIpc) is 2.40. The van der Waals surface area contributed by atoms with Crippen molar-refractivity contribution in [1.29, 1.82) is 0 Å². The predicted octanol–water partition coefficient (Wildman–Crippen LogP) is 3.47. The van der Waals surface area contributed by atoms with Crippen LogP contribution in [0.2, 0.25) is 0 Å². The molecule has 0 saturated heterocycles. The first-order valence-electron chi connectivity index (χ1n) is 6.53. The lowest BCUT2D eigenvalue weighted by atomic mass is 10.0. The number of para-hydroxylation sites is 1. The van der Waals surface area contributed by atoms with Crippen molar-refractivity contribution in [1.82, 2.24) is 0 Å². The third kappa shape index (κ3) is 4.88. The lowest BCUT2D eigenvalue weighted by molar-refractivity contribution is 0.0971. The molecule has 0 fully saturated rings. The molecule has 0 unspecified atom stereocenters. The van der Waals surface area contributed by atoms with Crippen LogP contribution in [0.25, 0.3) is 0 Å². The molecule has 0 saturated carbocycles. The molecule has 0 bridgehead atoms. The number of ether oxygens (including phenoxy) is 2. The molecule has 1 aromatic carbocycles. The van der Waals surface area contributed by atoms with Crippen molar-refractivity contribution in [2.24, 2.45) is 0 Å². The van der Waals surface area contributed by atoms with Crippen LogP contribution in [-0.2, 0) is 4.74 Å². The van der Waals surface area contributed by atoms with Crippen molar-refractivity contribution in [2.45, 2.75) is 32.6 Å². The van der Waals surface area contributed by atoms with E-state index in [2.05, 4.69) is 6.92 Å². The van der Waals surface area contributed by atoms with E-state index in [1.807, 2.05) is 24.3 Å². The number of carbonyl (C=O) groups is 1. The number of benzene rings is 1. The van der Waals surface area contributed by atoms with Gasteiger partial charge in [0.25, 0.3) is 0 Å². The van der Waals surface area contributed by atoms with E-state index >= 15 is 0 Å². The zero-order chi connectivity index (χ0) is 13.2. The highest BCUT2D eigenvalue weighted by atomic mass is 16.5. The summed E-state index contributed by atoms with van der Waals surface area (Å²) >= 11 is 0. The summed E-state index contributed by atoms with van der Waals surface area (Å²) in [5.74, 6) is 0.826. The van der Waals surface area contributed by atoms with Gasteiger partial charge in [0.2, 0.25) is 0 Å². The highest BCUT2D eigenvalue weighted by molar-refractivity contribution is 5.98. The molecule has 0 aromatic heterocycles. The van der Waals surface area contributed by atoms with Crippen molar-refractivity contribution in [3.05, 3.63) is 29.8 Å². The summed E-state index contributed by atoms with van der Waals surface area (Å²) in [6.07, 6.45) is 3.76. The van der Waals surface area contributed by atoms with Crippen LogP contribution in [0.1, 0.15) is 43.0 Å². The van der Waals surface area contributed by atoms with Gasteiger partial charge in [0.1, 0.15) is 12.4 Å². The van der Waals surface area contributed by atoms with Gasteiger partial charge in [0, 0.05) is 13.5 Å². The molecule has 0 atom stereocenters. The first-order chi connectivity index (χ1) is 8.79. The third-order valence-corrected chi connectivity index (χ3v) is 2.74. The molecule has 0 heterocycles. The van der Waals surface area contributed by atoms with Gasteiger partial charge in [-0.3, -0.25) is 4.79 Å². The second-order valence-corrected chi connectivity index (χ2v) is 4.22. The molecule has 0 spiro atoms. The molecular formula is C15H22O3. The summed E-state index contributed by atoms with van der Waals surface area (Å²) in [6.45, 7) is 3.13. The van der Waals surface area contributed by atoms with Gasteiger partial charge < -0.3 is 9.47 Å². The van der Waals surface area contributed by atoms with Gasteiger partial charge >= 0.3 is 0 Å². The van der Waals surface area contributed by atoms with Crippen molar-refractivity contribution in [2.75, 3.05) is 20.3 Å². The molecule has 3 nitrogen and oxygen atoms in total. The Kier molecular flexibility index (Phi) is 7.11. The summed E-state index contributed by atoms with van der Waals surface area (Å²) in [5.41, 5.74) is 0.685. The van der Waals surface area contributed by atoms with E-state index in [0.717, 1.165) is 19.3 Å². The monoisotopic (exact) mass is 250 g/mol. The third-order valence-electron chi connectivity index (χ3n) is 2.74. The van der Waals surface area contributed by atoms with Gasteiger partial charge in [0.05, 0.1) is 12.2 Å². The Morgan fingerprint density at radius 3 is 2.67 bits per heavy atom. The molecule has 18 heavy (non-hydrogen) atoms. The topological polar surface area (TPSA) is 35.5 Å². The van der Waals surface area contributed by atoms with Gasteiger partial charge in [-0.1, -0.05) is 31.9 Å². The largest absolute Gasteiger partial charge is 0.490 e. The van der Waals surface area contributed by atoms with Crippen LogP contribution in [0.15, 0.2) is 24.3 Å². The fraction of sp³-hybridized carbons (Fsp3) is 0.533. The van der Waals surface area contributed by atoms with Crippen molar-refractivity contribution >= 4 is 5.78 Å². The van der Waals surface area contributed by atoms with E-state index in [9.17, 15) is 4.79 Å². The highest BCUT2D eigenvalue weighted by Crippen LogP contribution is 2.20. The molecule has 0 N–H and O–H groups in total. The van der Waals surface area contributed by atoms with Crippen molar-refractivity contribution in [3.63, 3.8) is 0 Å². The zero-order valence-corrected chi connectivity index (χ0v) is 11.3. The first kappa shape index (κ1) is 14.7. The second-order valence-electron chi connectivity index (χ2n) is 4.22. The number of unbranched alkanes of at least 4 members (excludes halogenated alkanes) is 2. The second kappa shape index (κ2) is 8.70. The molecule has 100 valence electrons. The number of carbonyl (C=O) groups excluding carboxylic acids is 1. The summed E-state index contributed by atoms with van der Waals surface area (Å²) in [4.78, 5) is 12.1. The number of hydrogen-bond acceptors (Lipinski definition) is 3. The van der Waals surface area contributed by atoms with Gasteiger partial charge in [-0.05, 0) is 18.6 Å². The number of Topliss-reactive ketones (excluding diaryl/α,β-unsaturated/α-hetero) is 1. The number of ketones is 1. The summed E-state index contributed by atoms with van der Waals surface area (Å²) < 4.78 is 10.5. The van der Waals surface area contributed by atoms with Crippen LogP contribution in [0, 0.1) is 0 Å². The highest BCUT2D eigenvalue weighted by Gasteiger charge is 2.11. The average molecular weight is 250 g/mol. The van der Waals surface area contributed by atoms with Gasteiger partial charge in [-0.25, -0.2) is 0 Å². The SMILES string of the molecule is CCCCCC(=O)c1ccccc1OCCOC. The summed E-state index contributed by atoms with van der Waals surface area (Å²) in [6, 6.07) is 7.42. The van der Waals surface area contributed by atoms with Crippen LogP contribution in [0.4, 0.5) is 0 Å². The molecule has 0 aliphatic rings. The Morgan fingerprint density at radius 2 is 1.94 bits per heavy atom. The fourth-order valence-corrected chi connectivity index (χ4v) is 1.73. The quantitative estimate of drug-likeness (QED) is 0.497. The molecule has 1 rings (SSSR count). The van der Waals surface area contributed by atoms with Crippen molar-refractivity contribution < 1.29 is 14.3 Å². The minimum absolute atomic E-state index is 0.163. The van der Waals surface area contributed by atoms with E-state index in [4.69, 9.17) is 9.47 Å². The minimum Gasteiger partial charge on any atom is -0.490 e. The molecule has 0 amide bonds. The first-order valence-corrected chi connectivity index (χ1v) is 6.53. The molecule has 0 aliphatic heterocycles. The van der Waals surface area contributed by atoms with E-state index in [0.29, 0.717) is 30.9 Å². The van der Waals surface area contributed by atoms with E-state index in [1.54, 1.807) is 7.11 Å². The van der Waals surface area contributed by atoms with Gasteiger partial charge in [-0.2, -0.15) is 0 Å². The van der Waals surface area contributed by atoms with Gasteiger partial charge in [-0.15, -0.1) is 0 Å². The van der Waals surface area contributed by atoms with Crippen LogP contribution in [0.5, 0.6) is 5.75 Å². The Labute approximate surface area is 109 Å². The predicted molar refractivity (Wildman–Crippen MR) is 72.3 cm³/mol. The molecule has 1 aromatic rings. The normalized spacial score (nSPS) is 10.3. The maximum atomic E-state index is 12.1. The Morgan fingerprint density at radius 1 is 1.17 bits per heavy atom. The molecule has 0 aliphatic carbocycles. The van der Waals surface area contributed by atoms with E-state index < -0.39 is 0 Å². The van der Waals surface area contributed by atoms with Gasteiger partial charge in [0.15, 0.2) is 5.78 Å². The smallest absolute Gasteiger partial charge is 0.166 e. The minimum atomic E-state index is 0.163.